The maximum absolute atomic E-state index is 10.6. The van der Waals surface area contributed by atoms with Gasteiger partial charge in [0.2, 0.25) is 5.24 Å². The van der Waals surface area contributed by atoms with E-state index in [1.54, 1.807) is 0 Å². The van der Waals surface area contributed by atoms with Crippen LogP contribution in [0, 0.1) is 5.92 Å². The first-order valence-electron chi connectivity index (χ1n) is 12.3. The van der Waals surface area contributed by atoms with Crippen molar-refractivity contribution < 1.29 is 4.79 Å². The fourth-order valence-electron chi connectivity index (χ4n) is 3.82. The molecule has 27 heavy (non-hydrogen) atoms. The van der Waals surface area contributed by atoms with Crippen LogP contribution < -0.4 is 0 Å². The van der Waals surface area contributed by atoms with Crippen LogP contribution in [0.15, 0.2) is 0 Å². The Labute approximate surface area is 176 Å². The molecule has 0 unspecified atom stereocenters. The molecule has 162 valence electrons. The zero-order chi connectivity index (χ0) is 20.0. The third-order valence-electron chi connectivity index (χ3n) is 5.65. The Morgan fingerprint density at radius 2 is 0.778 bits per heavy atom. The lowest BCUT2D eigenvalue weighted by atomic mass is 10.0. The smallest absolute Gasteiger partial charge is 0.221 e. The Kier molecular flexibility index (Phi) is 22.2. The van der Waals surface area contributed by atoms with E-state index in [2.05, 4.69) is 13.8 Å². The van der Waals surface area contributed by atoms with Gasteiger partial charge < -0.3 is 0 Å². The summed E-state index contributed by atoms with van der Waals surface area (Å²) in [6.45, 7) is 4.66. The molecule has 1 nitrogen and oxygen atoms in total. The molecule has 0 saturated heterocycles. The number of halogens is 1. The van der Waals surface area contributed by atoms with Crippen LogP contribution in [0.3, 0.4) is 0 Å². The van der Waals surface area contributed by atoms with Gasteiger partial charge in [0.1, 0.15) is 0 Å². The van der Waals surface area contributed by atoms with Crippen LogP contribution in [0.1, 0.15) is 149 Å². The summed E-state index contributed by atoms with van der Waals surface area (Å²) in [5.74, 6) is 0.885. The largest absolute Gasteiger partial charge is 0.281 e. The average molecular weight is 401 g/mol. The van der Waals surface area contributed by atoms with Crippen molar-refractivity contribution in [3.05, 3.63) is 0 Å². The highest BCUT2D eigenvalue weighted by Crippen LogP contribution is 2.15. The molecule has 0 bridgehead atoms. The normalized spacial score (nSPS) is 11.4. The molecule has 0 aromatic heterocycles. The van der Waals surface area contributed by atoms with Crippen LogP contribution in [-0.2, 0) is 4.79 Å². The monoisotopic (exact) mass is 400 g/mol. The van der Waals surface area contributed by atoms with Gasteiger partial charge in [-0.2, -0.15) is 0 Å². The van der Waals surface area contributed by atoms with Crippen LogP contribution in [-0.4, -0.2) is 5.24 Å². The number of rotatable bonds is 22. The quantitative estimate of drug-likeness (QED) is 0.130. The lowest BCUT2D eigenvalue weighted by Gasteiger charge is -2.05. The van der Waals surface area contributed by atoms with Gasteiger partial charge in [0, 0.05) is 6.42 Å². The van der Waals surface area contributed by atoms with Gasteiger partial charge in [-0.1, -0.05) is 136 Å². The van der Waals surface area contributed by atoms with Crippen molar-refractivity contribution in [3.8, 4) is 0 Å². The first-order chi connectivity index (χ1) is 13.1. The second-order valence-corrected chi connectivity index (χ2v) is 9.43. The van der Waals surface area contributed by atoms with Crippen molar-refractivity contribution in [1.29, 1.82) is 0 Å². The Balaban J connectivity index is 3.00. The zero-order valence-corrected chi connectivity index (χ0v) is 19.5. The second-order valence-electron chi connectivity index (χ2n) is 9.01. The van der Waals surface area contributed by atoms with E-state index >= 15 is 0 Å². The van der Waals surface area contributed by atoms with Crippen molar-refractivity contribution in [2.24, 2.45) is 5.92 Å². The maximum Gasteiger partial charge on any atom is 0.221 e. The summed E-state index contributed by atoms with van der Waals surface area (Å²) in [5, 5.41) is -0.178. The molecule has 0 amide bonds. The van der Waals surface area contributed by atoms with E-state index in [1.807, 2.05) is 0 Å². The summed E-state index contributed by atoms with van der Waals surface area (Å²) < 4.78 is 0. The first-order valence-corrected chi connectivity index (χ1v) is 12.7. The number of carbonyl (C=O) groups is 1. The third kappa shape index (κ3) is 26.0. The molecule has 0 heterocycles. The zero-order valence-electron chi connectivity index (χ0n) is 18.7. The summed E-state index contributed by atoms with van der Waals surface area (Å²) in [6, 6.07) is 0. The van der Waals surface area contributed by atoms with Gasteiger partial charge in [-0.3, -0.25) is 4.79 Å². The van der Waals surface area contributed by atoms with Gasteiger partial charge in [-0.25, -0.2) is 0 Å². The van der Waals surface area contributed by atoms with Crippen molar-refractivity contribution in [2.45, 2.75) is 149 Å². The Morgan fingerprint density at radius 1 is 0.519 bits per heavy atom. The number of carbonyl (C=O) groups excluding carboxylic acids is 1. The molecule has 0 aliphatic rings. The molecular formula is C25H49ClO. The summed E-state index contributed by atoms with van der Waals surface area (Å²) in [4.78, 5) is 10.6. The van der Waals surface area contributed by atoms with Crippen molar-refractivity contribution in [3.63, 3.8) is 0 Å². The molecule has 0 radical (unpaired) electrons. The predicted molar refractivity (Wildman–Crippen MR) is 123 cm³/mol. The molecule has 0 aliphatic carbocycles. The topological polar surface area (TPSA) is 17.1 Å². The highest BCUT2D eigenvalue weighted by molar-refractivity contribution is 6.63. The number of hydrogen-bond donors (Lipinski definition) is 0. The van der Waals surface area contributed by atoms with Gasteiger partial charge in [-0.15, -0.1) is 0 Å². The highest BCUT2D eigenvalue weighted by Gasteiger charge is 1.97. The number of unbranched alkanes of at least 4 members (excludes halogenated alkanes) is 18. The van der Waals surface area contributed by atoms with Crippen molar-refractivity contribution in [1.82, 2.24) is 0 Å². The van der Waals surface area contributed by atoms with Crippen LogP contribution in [0.25, 0.3) is 0 Å². The first kappa shape index (κ1) is 27.0. The fraction of sp³-hybridized carbons (Fsp3) is 0.960. The summed E-state index contributed by atoms with van der Waals surface area (Å²) in [6.07, 6.45) is 28.3. The molecule has 0 N–H and O–H groups in total. The SMILES string of the molecule is CC(C)CCCCCCCCCCCCCCCCCCCCCC(=O)Cl. The molecule has 2 heteroatoms. The summed E-state index contributed by atoms with van der Waals surface area (Å²) >= 11 is 5.33. The van der Waals surface area contributed by atoms with Gasteiger partial charge in [0.25, 0.3) is 0 Å². The van der Waals surface area contributed by atoms with E-state index < -0.39 is 0 Å². The molecular weight excluding hydrogens is 352 g/mol. The fourth-order valence-corrected chi connectivity index (χ4v) is 3.96. The van der Waals surface area contributed by atoms with Gasteiger partial charge in [0.05, 0.1) is 0 Å². The summed E-state index contributed by atoms with van der Waals surface area (Å²) in [7, 11) is 0. The van der Waals surface area contributed by atoms with Crippen LogP contribution >= 0.6 is 11.6 Å². The lowest BCUT2D eigenvalue weighted by molar-refractivity contribution is -0.111. The van der Waals surface area contributed by atoms with Gasteiger partial charge in [0.15, 0.2) is 0 Å². The van der Waals surface area contributed by atoms with Crippen LogP contribution in [0.5, 0.6) is 0 Å². The van der Waals surface area contributed by atoms with Gasteiger partial charge in [-0.05, 0) is 23.9 Å². The molecule has 0 saturated carbocycles. The van der Waals surface area contributed by atoms with Crippen LogP contribution in [0.2, 0.25) is 0 Å². The maximum atomic E-state index is 10.6. The Bertz CT molecular complexity index is 301. The average Bonchev–Trinajstić information content (AvgIpc) is 2.62. The summed E-state index contributed by atoms with van der Waals surface area (Å²) in [5.41, 5.74) is 0. The molecule has 0 atom stereocenters. The molecule has 0 spiro atoms. The van der Waals surface area contributed by atoms with Crippen molar-refractivity contribution >= 4 is 16.8 Å². The third-order valence-corrected chi connectivity index (χ3v) is 5.84. The second kappa shape index (κ2) is 22.3. The Morgan fingerprint density at radius 3 is 1.04 bits per heavy atom. The molecule has 0 rings (SSSR count). The molecule has 0 aromatic rings. The predicted octanol–water partition coefficient (Wildman–Crippen LogP) is 9.60. The molecule has 0 aliphatic heterocycles. The van der Waals surface area contributed by atoms with E-state index in [0.29, 0.717) is 6.42 Å². The minimum atomic E-state index is -0.178. The van der Waals surface area contributed by atoms with E-state index in [9.17, 15) is 4.79 Å². The minimum Gasteiger partial charge on any atom is -0.281 e. The number of hydrogen-bond acceptors (Lipinski definition) is 1. The van der Waals surface area contributed by atoms with Crippen molar-refractivity contribution in [2.75, 3.05) is 0 Å². The highest BCUT2D eigenvalue weighted by atomic mass is 35.5. The minimum absolute atomic E-state index is 0.178. The standard InChI is InChI=1S/C25H49ClO/c1-24(2)22-20-18-16-14-12-10-8-6-4-3-5-7-9-11-13-15-17-19-21-23-25(26)27/h24H,3-23H2,1-2H3. The van der Waals surface area contributed by atoms with E-state index in [-0.39, 0.29) is 5.24 Å². The van der Waals surface area contributed by atoms with Gasteiger partial charge >= 0.3 is 0 Å². The van der Waals surface area contributed by atoms with E-state index in [0.717, 1.165) is 18.8 Å². The van der Waals surface area contributed by atoms with E-state index in [1.165, 1.54) is 116 Å². The Hall–Kier alpha value is -0.0400. The van der Waals surface area contributed by atoms with Crippen LogP contribution in [0.4, 0.5) is 0 Å². The lowest BCUT2D eigenvalue weighted by Crippen LogP contribution is -1.87. The van der Waals surface area contributed by atoms with E-state index in [4.69, 9.17) is 11.6 Å². The molecule has 0 aromatic carbocycles. The molecule has 0 fully saturated rings.